The van der Waals surface area contributed by atoms with E-state index in [-0.39, 0.29) is 5.69 Å². The predicted octanol–water partition coefficient (Wildman–Crippen LogP) is 2.16. The van der Waals surface area contributed by atoms with Crippen LogP contribution in [0.1, 0.15) is 6.42 Å². The van der Waals surface area contributed by atoms with Gasteiger partial charge in [-0.3, -0.25) is 10.1 Å². The van der Waals surface area contributed by atoms with Crippen molar-refractivity contribution in [2.24, 2.45) is 0 Å². The van der Waals surface area contributed by atoms with Gasteiger partial charge in [-0.25, -0.2) is 9.97 Å². The second-order valence-electron chi connectivity index (χ2n) is 4.77. The predicted molar refractivity (Wildman–Crippen MR) is 82.0 cm³/mol. The number of aromatic nitrogens is 2. The number of nitro groups is 1. The second-order valence-corrected chi connectivity index (χ2v) is 5.65. The van der Waals surface area contributed by atoms with Gasteiger partial charge in [0.25, 0.3) is 5.69 Å². The van der Waals surface area contributed by atoms with Gasteiger partial charge in [-0.1, -0.05) is 0 Å². The van der Waals surface area contributed by atoms with E-state index in [0.717, 1.165) is 43.5 Å². The summed E-state index contributed by atoms with van der Waals surface area (Å²) in [6, 6.07) is 3.23. The Kier molecular flexibility index (Phi) is 3.96. The molecule has 3 rings (SSSR count). The second kappa shape index (κ2) is 6.04. The highest BCUT2D eigenvalue weighted by atomic mass is 32.1. The van der Waals surface area contributed by atoms with Crippen molar-refractivity contribution >= 4 is 28.0 Å². The first kappa shape index (κ1) is 13.7. The van der Waals surface area contributed by atoms with Crippen molar-refractivity contribution in [2.45, 2.75) is 6.42 Å². The maximum absolute atomic E-state index is 10.7. The first-order valence-corrected chi connectivity index (χ1v) is 7.62. The zero-order chi connectivity index (χ0) is 14.7. The van der Waals surface area contributed by atoms with Gasteiger partial charge >= 0.3 is 0 Å². The molecule has 2 aromatic rings. The van der Waals surface area contributed by atoms with Crippen molar-refractivity contribution in [3.63, 3.8) is 0 Å². The van der Waals surface area contributed by atoms with Gasteiger partial charge in [0.2, 0.25) is 0 Å². The van der Waals surface area contributed by atoms with Crippen molar-refractivity contribution in [1.29, 1.82) is 0 Å². The monoisotopic (exact) mass is 305 g/mol. The largest absolute Gasteiger partial charge is 0.355 e. The molecular weight excluding hydrogens is 290 g/mol. The Hall–Kier alpha value is -2.22. The summed E-state index contributed by atoms with van der Waals surface area (Å²) in [5.41, 5.74) is 0.0259. The normalized spacial score (nSPS) is 15.8. The van der Waals surface area contributed by atoms with Crippen LogP contribution in [0.3, 0.4) is 0 Å². The van der Waals surface area contributed by atoms with Crippen molar-refractivity contribution in [3.05, 3.63) is 40.0 Å². The van der Waals surface area contributed by atoms with Crippen LogP contribution >= 0.6 is 11.3 Å². The van der Waals surface area contributed by atoms with Crippen LogP contribution in [0, 0.1) is 10.1 Å². The summed E-state index contributed by atoms with van der Waals surface area (Å²) in [6.07, 6.45) is 4.15. The molecule has 3 heterocycles. The molecule has 21 heavy (non-hydrogen) atoms. The van der Waals surface area contributed by atoms with E-state index >= 15 is 0 Å². The number of hydrogen-bond donors (Lipinski definition) is 0. The lowest BCUT2D eigenvalue weighted by Crippen LogP contribution is -2.31. The van der Waals surface area contributed by atoms with Gasteiger partial charge in [-0.05, 0) is 12.5 Å². The molecule has 1 aliphatic heterocycles. The Balaban J connectivity index is 1.68. The number of pyridine rings is 1. The highest BCUT2D eigenvalue weighted by Crippen LogP contribution is 2.21. The number of hydrogen-bond acceptors (Lipinski definition) is 7. The number of anilines is 2. The van der Waals surface area contributed by atoms with Crippen LogP contribution in [0.4, 0.5) is 16.6 Å². The summed E-state index contributed by atoms with van der Waals surface area (Å²) in [7, 11) is 0. The molecule has 0 bridgehead atoms. The lowest BCUT2D eigenvalue weighted by molar-refractivity contribution is -0.385. The molecule has 0 aliphatic carbocycles. The van der Waals surface area contributed by atoms with Crippen LogP contribution < -0.4 is 9.80 Å². The fourth-order valence-electron chi connectivity index (χ4n) is 2.38. The van der Waals surface area contributed by atoms with Gasteiger partial charge in [-0.2, -0.15) is 0 Å². The molecule has 0 radical (unpaired) electrons. The maximum Gasteiger partial charge on any atom is 0.287 e. The molecule has 0 unspecified atom stereocenters. The molecular formula is C13H15N5O2S. The van der Waals surface area contributed by atoms with E-state index in [0.29, 0.717) is 0 Å². The van der Waals surface area contributed by atoms with E-state index < -0.39 is 4.92 Å². The molecule has 7 nitrogen and oxygen atoms in total. The van der Waals surface area contributed by atoms with Crippen LogP contribution in [0.2, 0.25) is 0 Å². The van der Waals surface area contributed by atoms with Crippen molar-refractivity contribution in [3.8, 4) is 0 Å². The Labute approximate surface area is 126 Å². The van der Waals surface area contributed by atoms with E-state index in [4.69, 9.17) is 0 Å². The average molecular weight is 305 g/mol. The van der Waals surface area contributed by atoms with Crippen LogP contribution in [0.25, 0.3) is 0 Å². The molecule has 1 fully saturated rings. The SMILES string of the molecule is O=[N+]([O-])c1ccc(N2CCCN(c3nccs3)CC2)nc1. The summed E-state index contributed by atoms with van der Waals surface area (Å²) in [4.78, 5) is 23.2. The zero-order valence-electron chi connectivity index (χ0n) is 11.4. The quantitative estimate of drug-likeness (QED) is 0.639. The van der Waals surface area contributed by atoms with Crippen LogP contribution in [-0.4, -0.2) is 41.1 Å². The highest BCUT2D eigenvalue weighted by Gasteiger charge is 2.18. The standard InChI is InChI=1S/C13H15N5O2S/c19-18(20)11-2-3-12(15-10-11)16-5-1-6-17(8-7-16)13-14-4-9-21-13/h2-4,9-10H,1,5-8H2. The fourth-order valence-corrected chi connectivity index (χ4v) is 3.08. The van der Waals surface area contributed by atoms with Crippen molar-refractivity contribution < 1.29 is 4.92 Å². The number of rotatable bonds is 3. The zero-order valence-corrected chi connectivity index (χ0v) is 12.2. The van der Waals surface area contributed by atoms with Crippen LogP contribution in [0.5, 0.6) is 0 Å². The highest BCUT2D eigenvalue weighted by molar-refractivity contribution is 7.13. The molecule has 1 saturated heterocycles. The number of nitrogens with zero attached hydrogens (tertiary/aromatic N) is 5. The minimum absolute atomic E-state index is 0.0259. The third-order valence-corrected chi connectivity index (χ3v) is 4.28. The summed E-state index contributed by atoms with van der Waals surface area (Å²) in [6.45, 7) is 3.58. The summed E-state index contributed by atoms with van der Waals surface area (Å²) >= 11 is 1.65. The molecule has 0 saturated carbocycles. The third kappa shape index (κ3) is 3.10. The Bertz CT molecular complexity index is 602. The molecule has 2 aromatic heterocycles. The lowest BCUT2D eigenvalue weighted by atomic mass is 10.3. The minimum Gasteiger partial charge on any atom is -0.355 e. The van der Waals surface area contributed by atoms with E-state index in [2.05, 4.69) is 19.8 Å². The fraction of sp³-hybridized carbons (Fsp3) is 0.385. The van der Waals surface area contributed by atoms with Crippen molar-refractivity contribution in [1.82, 2.24) is 9.97 Å². The molecule has 1 aliphatic rings. The molecule has 110 valence electrons. The molecule has 0 amide bonds. The summed E-state index contributed by atoms with van der Waals surface area (Å²) in [5.74, 6) is 0.793. The Morgan fingerprint density at radius 1 is 1.14 bits per heavy atom. The maximum atomic E-state index is 10.7. The van der Waals surface area contributed by atoms with E-state index in [1.165, 1.54) is 12.3 Å². The lowest BCUT2D eigenvalue weighted by Gasteiger charge is -2.22. The molecule has 0 N–H and O–H groups in total. The summed E-state index contributed by atoms with van der Waals surface area (Å²) < 4.78 is 0. The molecule has 0 spiro atoms. The van der Waals surface area contributed by atoms with E-state index in [1.54, 1.807) is 17.4 Å². The summed E-state index contributed by atoms with van der Waals surface area (Å²) in [5, 5.41) is 13.7. The Morgan fingerprint density at radius 2 is 1.95 bits per heavy atom. The van der Waals surface area contributed by atoms with Crippen LogP contribution in [-0.2, 0) is 0 Å². The van der Waals surface area contributed by atoms with Gasteiger partial charge < -0.3 is 9.80 Å². The van der Waals surface area contributed by atoms with Gasteiger partial charge in [0.05, 0.1) is 4.92 Å². The topological polar surface area (TPSA) is 75.4 Å². The first-order chi connectivity index (χ1) is 10.2. The molecule has 0 atom stereocenters. The number of thiazole rings is 1. The van der Waals surface area contributed by atoms with Gasteiger partial charge in [0.15, 0.2) is 5.13 Å². The van der Waals surface area contributed by atoms with Crippen LogP contribution in [0.15, 0.2) is 29.9 Å². The third-order valence-electron chi connectivity index (χ3n) is 3.45. The van der Waals surface area contributed by atoms with Gasteiger partial charge in [-0.15, -0.1) is 11.3 Å². The van der Waals surface area contributed by atoms with E-state index in [1.807, 2.05) is 11.6 Å². The average Bonchev–Trinajstić information content (AvgIpc) is 2.92. The minimum atomic E-state index is -0.427. The Morgan fingerprint density at radius 3 is 2.62 bits per heavy atom. The van der Waals surface area contributed by atoms with Crippen molar-refractivity contribution in [2.75, 3.05) is 36.0 Å². The smallest absolute Gasteiger partial charge is 0.287 e. The molecule has 0 aromatic carbocycles. The van der Waals surface area contributed by atoms with Gasteiger partial charge in [0, 0.05) is 43.8 Å². The van der Waals surface area contributed by atoms with Gasteiger partial charge in [0.1, 0.15) is 12.0 Å². The molecule has 8 heteroatoms. The van der Waals surface area contributed by atoms with E-state index in [9.17, 15) is 10.1 Å². The first-order valence-electron chi connectivity index (χ1n) is 6.74.